The van der Waals surface area contributed by atoms with Gasteiger partial charge in [-0.05, 0) is 67.1 Å². The van der Waals surface area contributed by atoms with Gasteiger partial charge in [0.15, 0.2) is 11.6 Å². The zero-order chi connectivity index (χ0) is 29.5. The summed E-state index contributed by atoms with van der Waals surface area (Å²) >= 11 is 0. The van der Waals surface area contributed by atoms with E-state index in [0.717, 1.165) is 30.7 Å². The number of nitrogens with zero attached hydrogens (tertiary/aromatic N) is 1. The van der Waals surface area contributed by atoms with Crippen LogP contribution in [0.3, 0.4) is 0 Å². The van der Waals surface area contributed by atoms with Crippen molar-refractivity contribution in [1.29, 1.82) is 0 Å². The van der Waals surface area contributed by atoms with E-state index < -0.39 is 17.7 Å². The number of pyridine rings is 1. The third kappa shape index (κ3) is 6.88. The average molecular weight is 557 g/mol. The first-order chi connectivity index (χ1) is 19.7. The molecule has 1 aromatic heterocycles. The number of hydrogen-bond acceptors (Lipinski definition) is 6. The van der Waals surface area contributed by atoms with E-state index in [0.29, 0.717) is 29.1 Å². The van der Waals surface area contributed by atoms with Crippen molar-refractivity contribution in [3.05, 3.63) is 77.5 Å². The van der Waals surface area contributed by atoms with E-state index >= 15 is 0 Å². The Morgan fingerprint density at radius 1 is 1.00 bits per heavy atom. The number of anilines is 1. The molecule has 0 bridgehead atoms. The molecule has 2 aromatic carbocycles. The number of benzene rings is 2. The highest BCUT2D eigenvalue weighted by Crippen LogP contribution is 2.40. The molecule has 5 rings (SSSR count). The normalized spacial score (nSPS) is 16.6. The summed E-state index contributed by atoms with van der Waals surface area (Å²) in [4.78, 5) is 52.6. The number of amides is 1. The fourth-order valence-corrected chi connectivity index (χ4v) is 5.58. The molecule has 214 valence electrons. The summed E-state index contributed by atoms with van der Waals surface area (Å²) in [5.74, 6) is -2.68. The first-order valence-electron chi connectivity index (χ1n) is 14.2. The minimum absolute atomic E-state index is 0.0873. The predicted molar refractivity (Wildman–Crippen MR) is 158 cm³/mol. The second kappa shape index (κ2) is 13.4. The Morgan fingerprint density at radius 2 is 1.71 bits per heavy atom. The fourth-order valence-electron chi connectivity index (χ4n) is 5.58. The van der Waals surface area contributed by atoms with Crippen molar-refractivity contribution in [2.24, 2.45) is 0 Å². The smallest absolute Gasteiger partial charge is 0.327 e. The molecule has 1 saturated carbocycles. The number of unbranched alkanes of at least 4 members (excludes halogenated alkanes) is 2. The van der Waals surface area contributed by atoms with Gasteiger partial charge in [0.25, 0.3) is 0 Å². The molecule has 1 heterocycles. The maximum Gasteiger partial charge on any atom is 0.327 e. The molecule has 0 radical (unpaired) electrons. The number of ketones is 2. The summed E-state index contributed by atoms with van der Waals surface area (Å²) in [5.41, 5.74) is 3.03. The number of aromatic nitrogens is 1. The molecule has 41 heavy (non-hydrogen) atoms. The lowest BCUT2D eigenvalue weighted by Gasteiger charge is -2.22. The lowest BCUT2D eigenvalue weighted by atomic mass is 9.83. The van der Waals surface area contributed by atoms with E-state index in [4.69, 9.17) is 5.11 Å². The molecule has 3 N–H and O–H groups in total. The molecule has 3 aromatic rings. The van der Waals surface area contributed by atoms with Crippen LogP contribution < -0.4 is 5.32 Å². The Morgan fingerprint density at radius 3 is 2.39 bits per heavy atom. The summed E-state index contributed by atoms with van der Waals surface area (Å²) < 4.78 is 0. The van der Waals surface area contributed by atoms with Gasteiger partial charge in [-0.25, -0.2) is 9.78 Å². The van der Waals surface area contributed by atoms with Gasteiger partial charge < -0.3 is 15.5 Å². The number of carbonyl (C=O) groups is 4. The van der Waals surface area contributed by atoms with Crippen molar-refractivity contribution >= 4 is 40.0 Å². The SMILES string of the molecule is C=CC(=O)O.CCCCCC(=O)Nc1ccc2c(c1)C(=O)C(c1nc3ccc(C4CCCCC4)cc3cc1O)C2=O. The quantitative estimate of drug-likeness (QED) is 0.156. The van der Waals surface area contributed by atoms with Crippen LogP contribution in [0, 0.1) is 0 Å². The highest BCUT2D eigenvalue weighted by Gasteiger charge is 2.42. The molecule has 1 fully saturated rings. The van der Waals surface area contributed by atoms with Gasteiger partial charge in [0.2, 0.25) is 5.91 Å². The molecule has 2 aliphatic rings. The fraction of sp³-hybridized carbons (Fsp3) is 0.364. The van der Waals surface area contributed by atoms with Gasteiger partial charge in [-0.15, -0.1) is 0 Å². The van der Waals surface area contributed by atoms with E-state index in [9.17, 15) is 24.3 Å². The number of carbonyl (C=O) groups excluding carboxylic acids is 3. The molecule has 1 atom stereocenters. The lowest BCUT2D eigenvalue weighted by molar-refractivity contribution is -0.131. The molecule has 1 unspecified atom stereocenters. The van der Waals surface area contributed by atoms with E-state index in [1.54, 1.807) is 24.3 Å². The van der Waals surface area contributed by atoms with Crippen molar-refractivity contribution in [1.82, 2.24) is 4.98 Å². The van der Waals surface area contributed by atoms with Crippen molar-refractivity contribution in [2.45, 2.75) is 76.5 Å². The Kier molecular flexibility index (Phi) is 9.65. The maximum absolute atomic E-state index is 13.3. The number of carboxylic acid groups (broad SMARTS) is 1. The predicted octanol–water partition coefficient (Wildman–Crippen LogP) is 6.93. The van der Waals surface area contributed by atoms with Crippen LogP contribution in [0.1, 0.15) is 109 Å². The third-order valence-electron chi connectivity index (χ3n) is 7.74. The number of aliphatic carboxylic acids is 1. The number of hydrogen-bond donors (Lipinski definition) is 3. The molecular weight excluding hydrogens is 520 g/mol. The molecule has 0 aliphatic heterocycles. The molecule has 2 aliphatic carbocycles. The van der Waals surface area contributed by atoms with Crippen LogP contribution in [0.25, 0.3) is 10.9 Å². The monoisotopic (exact) mass is 556 g/mol. The third-order valence-corrected chi connectivity index (χ3v) is 7.74. The van der Waals surface area contributed by atoms with Crippen molar-refractivity contribution in [2.75, 3.05) is 5.32 Å². The van der Waals surface area contributed by atoms with Crippen LogP contribution >= 0.6 is 0 Å². The zero-order valence-electron chi connectivity index (χ0n) is 23.3. The minimum Gasteiger partial charge on any atom is -0.506 e. The number of fused-ring (bicyclic) bond motifs is 2. The zero-order valence-corrected chi connectivity index (χ0v) is 23.3. The van der Waals surface area contributed by atoms with Gasteiger partial charge in [0, 0.05) is 34.7 Å². The van der Waals surface area contributed by atoms with E-state index in [2.05, 4.69) is 35.9 Å². The largest absolute Gasteiger partial charge is 0.506 e. The van der Waals surface area contributed by atoms with Gasteiger partial charge in [0.1, 0.15) is 17.4 Å². The first kappa shape index (κ1) is 29.6. The van der Waals surface area contributed by atoms with E-state index in [-0.39, 0.29) is 28.7 Å². The van der Waals surface area contributed by atoms with Gasteiger partial charge >= 0.3 is 5.97 Å². The van der Waals surface area contributed by atoms with Crippen molar-refractivity contribution in [3.63, 3.8) is 0 Å². The Bertz CT molecular complexity index is 1490. The molecule has 8 heteroatoms. The summed E-state index contributed by atoms with van der Waals surface area (Å²) in [5, 5.41) is 22.1. The topological polar surface area (TPSA) is 134 Å². The van der Waals surface area contributed by atoms with Crippen LogP contribution in [0.15, 0.2) is 55.1 Å². The molecule has 1 amide bonds. The minimum atomic E-state index is -1.18. The van der Waals surface area contributed by atoms with Gasteiger partial charge in [-0.2, -0.15) is 0 Å². The van der Waals surface area contributed by atoms with Crippen LogP contribution in [-0.4, -0.2) is 38.6 Å². The maximum atomic E-state index is 13.3. The standard InChI is InChI=1S/C30H32N2O4.C3H4O2/c1-2-3-5-10-26(34)31-21-12-13-22-23(17-21)30(36)27(29(22)35)28-25(33)16-20-15-19(11-14-24(20)32-28)18-8-6-4-7-9-18;1-2-3(4)5/h11-18,27,33H,2-10H2,1H3,(H,31,34);2H,1H2,(H,4,5). The average Bonchev–Trinajstić information content (AvgIpc) is 3.22. The molecule has 0 saturated heterocycles. The molecule has 0 spiro atoms. The highest BCUT2D eigenvalue weighted by atomic mass is 16.4. The second-order valence-corrected chi connectivity index (χ2v) is 10.6. The van der Waals surface area contributed by atoms with Crippen LogP contribution in [0.2, 0.25) is 0 Å². The summed E-state index contributed by atoms with van der Waals surface area (Å²) in [6.07, 6.45) is 10.2. The van der Waals surface area contributed by atoms with Crippen LogP contribution in [0.5, 0.6) is 5.75 Å². The Balaban J connectivity index is 0.000000714. The number of aromatic hydroxyl groups is 1. The number of rotatable bonds is 8. The highest BCUT2D eigenvalue weighted by molar-refractivity contribution is 6.30. The number of nitrogens with one attached hydrogen (secondary N) is 1. The summed E-state index contributed by atoms with van der Waals surface area (Å²) in [6, 6.07) is 12.5. The number of carboxylic acids is 1. The van der Waals surface area contributed by atoms with Crippen LogP contribution in [-0.2, 0) is 9.59 Å². The van der Waals surface area contributed by atoms with Crippen molar-refractivity contribution in [3.8, 4) is 5.75 Å². The Labute approximate surface area is 239 Å². The summed E-state index contributed by atoms with van der Waals surface area (Å²) in [6.45, 7) is 5.04. The number of Topliss-reactive ketones (excluding diaryl/α,β-unsaturated/α-hetero) is 2. The van der Waals surface area contributed by atoms with Crippen LogP contribution in [0.4, 0.5) is 5.69 Å². The Hall–Kier alpha value is -4.33. The summed E-state index contributed by atoms with van der Waals surface area (Å²) in [7, 11) is 0. The molecule has 8 nitrogen and oxygen atoms in total. The first-order valence-corrected chi connectivity index (χ1v) is 14.2. The second-order valence-electron chi connectivity index (χ2n) is 10.6. The van der Waals surface area contributed by atoms with Gasteiger partial charge in [-0.3, -0.25) is 14.4 Å². The lowest BCUT2D eigenvalue weighted by Crippen LogP contribution is -2.15. The molecular formula is C33H36N2O6. The van der Waals surface area contributed by atoms with Gasteiger partial charge in [0.05, 0.1) is 5.52 Å². The van der Waals surface area contributed by atoms with E-state index in [1.165, 1.54) is 37.7 Å². The van der Waals surface area contributed by atoms with Crippen molar-refractivity contribution < 1.29 is 29.4 Å². The van der Waals surface area contributed by atoms with E-state index in [1.807, 2.05) is 6.07 Å². The van der Waals surface area contributed by atoms with Gasteiger partial charge in [-0.1, -0.05) is 51.7 Å².